The van der Waals surface area contributed by atoms with Gasteiger partial charge in [0.2, 0.25) is 0 Å². The lowest BCUT2D eigenvalue weighted by Gasteiger charge is -2.47. The summed E-state index contributed by atoms with van der Waals surface area (Å²) in [5.74, 6) is 2.40. The van der Waals surface area contributed by atoms with Gasteiger partial charge in [-0.3, -0.25) is 4.79 Å². The van der Waals surface area contributed by atoms with Crippen molar-refractivity contribution < 1.29 is 9.53 Å². The lowest BCUT2D eigenvalue weighted by molar-refractivity contribution is -0.199. The SMILES string of the molecule is CC1CC(=O)C2C1CC1CCC2(C)OC1(C)C. The fourth-order valence-electron chi connectivity index (χ4n) is 4.82. The summed E-state index contributed by atoms with van der Waals surface area (Å²) < 4.78 is 6.40. The van der Waals surface area contributed by atoms with Gasteiger partial charge < -0.3 is 4.74 Å². The first kappa shape index (κ1) is 11.7. The number of rotatable bonds is 0. The molecule has 0 spiro atoms. The molecule has 2 heteroatoms. The second kappa shape index (κ2) is 3.34. The maximum absolute atomic E-state index is 12.3. The van der Waals surface area contributed by atoms with Crippen LogP contribution in [0.3, 0.4) is 0 Å². The Bertz CT molecular complexity index is 360. The summed E-state index contributed by atoms with van der Waals surface area (Å²) in [6.45, 7) is 8.87. The lowest BCUT2D eigenvalue weighted by atomic mass is 9.78. The van der Waals surface area contributed by atoms with Crippen LogP contribution in [0.2, 0.25) is 0 Å². The third kappa shape index (κ3) is 1.53. The molecule has 4 fully saturated rings. The van der Waals surface area contributed by atoms with Gasteiger partial charge in [0, 0.05) is 12.3 Å². The predicted octanol–water partition coefficient (Wildman–Crippen LogP) is 3.20. The van der Waals surface area contributed by atoms with E-state index in [1.54, 1.807) is 0 Å². The summed E-state index contributed by atoms with van der Waals surface area (Å²) in [5.41, 5.74) is -0.236. The first-order valence-electron chi connectivity index (χ1n) is 7.06. The molecule has 0 aromatic heterocycles. The summed E-state index contributed by atoms with van der Waals surface area (Å²) in [6, 6.07) is 0. The highest BCUT2D eigenvalue weighted by Gasteiger charge is 2.59. The second-order valence-electron chi connectivity index (χ2n) is 7.28. The van der Waals surface area contributed by atoms with Crippen molar-refractivity contribution in [1.82, 2.24) is 0 Å². The minimum atomic E-state index is -0.191. The van der Waals surface area contributed by atoms with Crippen molar-refractivity contribution in [2.75, 3.05) is 0 Å². The van der Waals surface area contributed by atoms with Crippen LogP contribution in [0.15, 0.2) is 0 Å². The van der Waals surface area contributed by atoms with E-state index >= 15 is 0 Å². The van der Waals surface area contributed by atoms with Crippen molar-refractivity contribution in [3.05, 3.63) is 0 Å². The van der Waals surface area contributed by atoms with Gasteiger partial charge in [0.1, 0.15) is 5.78 Å². The van der Waals surface area contributed by atoms with Crippen LogP contribution in [-0.2, 0) is 9.53 Å². The molecule has 0 radical (unpaired) electrons. The summed E-state index contributed by atoms with van der Waals surface area (Å²) in [6.07, 6.45) is 4.28. The summed E-state index contributed by atoms with van der Waals surface area (Å²) in [5, 5.41) is 0. The maximum atomic E-state index is 12.3. The van der Waals surface area contributed by atoms with Gasteiger partial charge in [-0.1, -0.05) is 6.92 Å². The van der Waals surface area contributed by atoms with Crippen LogP contribution in [0.4, 0.5) is 0 Å². The Morgan fingerprint density at radius 2 is 2.00 bits per heavy atom. The van der Waals surface area contributed by atoms with Crippen molar-refractivity contribution in [2.24, 2.45) is 23.7 Å². The quantitative estimate of drug-likeness (QED) is 0.645. The minimum absolute atomic E-state index is 0.0443. The van der Waals surface area contributed by atoms with Crippen LogP contribution < -0.4 is 0 Å². The van der Waals surface area contributed by atoms with Crippen LogP contribution in [-0.4, -0.2) is 17.0 Å². The minimum Gasteiger partial charge on any atom is -0.368 e. The van der Waals surface area contributed by atoms with Gasteiger partial charge in [-0.2, -0.15) is 0 Å². The zero-order valence-corrected chi connectivity index (χ0v) is 11.5. The molecule has 96 valence electrons. The Morgan fingerprint density at radius 3 is 2.65 bits per heavy atom. The zero-order valence-electron chi connectivity index (χ0n) is 11.5. The maximum Gasteiger partial charge on any atom is 0.139 e. The van der Waals surface area contributed by atoms with E-state index in [0.29, 0.717) is 23.5 Å². The van der Waals surface area contributed by atoms with E-state index < -0.39 is 0 Å². The number of fused-ring (bicyclic) bond motifs is 2. The number of carbonyl (C=O) groups excluding carboxylic acids is 1. The molecule has 4 aliphatic rings. The van der Waals surface area contributed by atoms with Gasteiger partial charge in [-0.05, 0) is 57.8 Å². The molecule has 0 aromatic rings. The fraction of sp³-hybridized carbons (Fsp3) is 0.933. The Kier molecular flexibility index (Phi) is 2.30. The highest BCUT2D eigenvalue weighted by Crippen LogP contribution is 2.57. The summed E-state index contributed by atoms with van der Waals surface area (Å²) in [7, 11) is 0. The van der Waals surface area contributed by atoms with Gasteiger partial charge in [0.15, 0.2) is 0 Å². The van der Waals surface area contributed by atoms with Crippen LogP contribution >= 0.6 is 0 Å². The molecular weight excluding hydrogens is 212 g/mol. The van der Waals surface area contributed by atoms with Crippen LogP contribution in [0.25, 0.3) is 0 Å². The standard InChI is InChI=1S/C15H24O2/c1-9-7-12(16)13-11(9)8-10-5-6-15(13,4)17-14(10,2)3/h9-11,13H,5-8H2,1-4H3. The molecule has 2 nitrogen and oxygen atoms in total. The third-order valence-corrected chi connectivity index (χ3v) is 5.71. The molecule has 2 aliphatic carbocycles. The average Bonchev–Trinajstić information content (AvgIpc) is 2.36. The Morgan fingerprint density at radius 1 is 1.29 bits per heavy atom. The Labute approximate surface area is 104 Å². The van der Waals surface area contributed by atoms with E-state index in [1.165, 1.54) is 12.8 Å². The van der Waals surface area contributed by atoms with E-state index in [1.807, 2.05) is 0 Å². The Balaban J connectivity index is 2.04. The average molecular weight is 236 g/mol. The van der Waals surface area contributed by atoms with Gasteiger partial charge in [-0.25, -0.2) is 0 Å². The molecule has 4 rings (SSSR count). The van der Waals surface area contributed by atoms with Crippen molar-refractivity contribution in [2.45, 2.75) is 64.6 Å². The summed E-state index contributed by atoms with van der Waals surface area (Å²) >= 11 is 0. The topological polar surface area (TPSA) is 26.3 Å². The molecule has 0 amide bonds. The molecule has 2 bridgehead atoms. The molecule has 5 atom stereocenters. The van der Waals surface area contributed by atoms with Crippen molar-refractivity contribution in [3.8, 4) is 0 Å². The van der Waals surface area contributed by atoms with Crippen LogP contribution in [0, 0.1) is 23.7 Å². The van der Waals surface area contributed by atoms with Gasteiger partial charge in [-0.15, -0.1) is 0 Å². The molecule has 2 heterocycles. The first-order valence-corrected chi connectivity index (χ1v) is 7.06. The van der Waals surface area contributed by atoms with Gasteiger partial charge in [0.05, 0.1) is 11.2 Å². The molecule has 17 heavy (non-hydrogen) atoms. The fourth-order valence-corrected chi connectivity index (χ4v) is 4.82. The molecule has 5 unspecified atom stereocenters. The lowest BCUT2D eigenvalue weighted by Crippen LogP contribution is -2.51. The number of carbonyl (C=O) groups is 1. The van der Waals surface area contributed by atoms with E-state index in [9.17, 15) is 4.79 Å². The number of ketones is 1. The van der Waals surface area contributed by atoms with E-state index in [-0.39, 0.29) is 17.1 Å². The largest absolute Gasteiger partial charge is 0.368 e. The molecule has 0 aromatic carbocycles. The third-order valence-electron chi connectivity index (χ3n) is 5.71. The molecule has 0 N–H and O–H groups in total. The Hall–Kier alpha value is -0.370. The van der Waals surface area contributed by atoms with E-state index in [4.69, 9.17) is 4.74 Å². The highest BCUT2D eigenvalue weighted by atomic mass is 16.5. The van der Waals surface area contributed by atoms with E-state index in [2.05, 4.69) is 27.7 Å². The monoisotopic (exact) mass is 236 g/mol. The van der Waals surface area contributed by atoms with Crippen molar-refractivity contribution >= 4 is 5.78 Å². The normalized spacial score (nSPS) is 52.4. The van der Waals surface area contributed by atoms with Crippen LogP contribution in [0.1, 0.15) is 53.4 Å². The van der Waals surface area contributed by atoms with Crippen LogP contribution in [0.5, 0.6) is 0 Å². The zero-order chi connectivity index (χ0) is 12.4. The predicted molar refractivity (Wildman–Crippen MR) is 66.7 cm³/mol. The first-order chi connectivity index (χ1) is 7.83. The molecular formula is C15H24O2. The van der Waals surface area contributed by atoms with Crippen molar-refractivity contribution in [1.29, 1.82) is 0 Å². The summed E-state index contributed by atoms with van der Waals surface area (Å²) in [4.78, 5) is 12.3. The van der Waals surface area contributed by atoms with Crippen molar-refractivity contribution in [3.63, 3.8) is 0 Å². The second-order valence-corrected chi connectivity index (χ2v) is 7.28. The number of Topliss-reactive ketones (excluding diaryl/α,β-unsaturated/α-hetero) is 1. The number of hydrogen-bond acceptors (Lipinski definition) is 2. The number of ether oxygens (including phenoxy) is 1. The van der Waals surface area contributed by atoms with E-state index in [0.717, 1.165) is 12.8 Å². The van der Waals surface area contributed by atoms with Gasteiger partial charge >= 0.3 is 0 Å². The molecule has 2 saturated carbocycles. The molecule has 2 saturated heterocycles. The van der Waals surface area contributed by atoms with Gasteiger partial charge in [0.25, 0.3) is 0 Å². The number of hydrogen-bond donors (Lipinski definition) is 0. The molecule has 2 aliphatic heterocycles. The highest BCUT2D eigenvalue weighted by molar-refractivity contribution is 5.85. The smallest absolute Gasteiger partial charge is 0.139 e.